The Hall–Kier alpha value is -1.76. The summed E-state index contributed by atoms with van der Waals surface area (Å²) >= 11 is 1.77. The lowest BCUT2D eigenvalue weighted by Gasteiger charge is -2.36. The molecule has 0 aromatic carbocycles. The summed E-state index contributed by atoms with van der Waals surface area (Å²) in [6, 6.07) is 7.90. The molecule has 1 saturated heterocycles. The van der Waals surface area contributed by atoms with Gasteiger partial charge in [-0.2, -0.15) is 0 Å². The van der Waals surface area contributed by atoms with Gasteiger partial charge in [0.2, 0.25) is 5.91 Å². The maximum atomic E-state index is 13.7. The van der Waals surface area contributed by atoms with E-state index in [-0.39, 0.29) is 11.9 Å². The number of carbonyl (C=O) groups excluding carboxylic acids is 1. The van der Waals surface area contributed by atoms with Gasteiger partial charge in [-0.05, 0) is 37.1 Å². The van der Waals surface area contributed by atoms with Gasteiger partial charge in [0, 0.05) is 41.8 Å². The second kappa shape index (κ2) is 9.97. The lowest BCUT2D eigenvalue weighted by atomic mass is 10.0. The highest BCUT2D eigenvalue weighted by atomic mass is 32.1. The first kappa shape index (κ1) is 20.0. The molecule has 0 N–H and O–H groups in total. The fourth-order valence-corrected chi connectivity index (χ4v) is 4.34. The molecule has 0 bridgehead atoms. The van der Waals surface area contributed by atoms with Crippen LogP contribution in [-0.2, 0) is 16.1 Å². The number of thiophene rings is 1. The predicted molar refractivity (Wildman–Crippen MR) is 109 cm³/mol. The number of hydrogen-bond acceptors (Lipinski definition) is 5. The highest BCUT2D eigenvalue weighted by Gasteiger charge is 2.32. The van der Waals surface area contributed by atoms with Crippen LogP contribution in [0.4, 0.5) is 0 Å². The number of rotatable bonds is 8. The van der Waals surface area contributed by atoms with Gasteiger partial charge in [-0.25, -0.2) is 0 Å². The van der Waals surface area contributed by atoms with Crippen molar-refractivity contribution in [3.8, 4) is 0 Å². The van der Waals surface area contributed by atoms with Gasteiger partial charge < -0.3 is 9.64 Å². The monoisotopic (exact) mass is 387 g/mol. The van der Waals surface area contributed by atoms with Gasteiger partial charge in [0.15, 0.2) is 0 Å². The van der Waals surface area contributed by atoms with E-state index in [1.807, 2.05) is 23.2 Å². The van der Waals surface area contributed by atoms with E-state index in [0.29, 0.717) is 19.8 Å². The summed E-state index contributed by atoms with van der Waals surface area (Å²) in [6.45, 7) is 8.62. The van der Waals surface area contributed by atoms with Crippen molar-refractivity contribution in [2.75, 3.05) is 32.8 Å². The quantitative estimate of drug-likeness (QED) is 0.694. The first-order chi connectivity index (χ1) is 13.2. The second-order valence-corrected chi connectivity index (χ2v) is 8.34. The van der Waals surface area contributed by atoms with Gasteiger partial charge >= 0.3 is 0 Å². The van der Waals surface area contributed by atoms with Gasteiger partial charge in [-0.3, -0.25) is 14.7 Å². The van der Waals surface area contributed by atoms with Crippen LogP contribution in [0.2, 0.25) is 0 Å². The average molecular weight is 388 g/mol. The van der Waals surface area contributed by atoms with Crippen LogP contribution in [0.25, 0.3) is 0 Å². The van der Waals surface area contributed by atoms with Gasteiger partial charge in [-0.15, -0.1) is 11.3 Å². The molecule has 0 spiro atoms. The molecule has 3 rings (SSSR count). The molecule has 1 aliphatic rings. The molecular formula is C21H29N3O2S. The molecule has 0 aliphatic carbocycles. The molecule has 3 heterocycles. The average Bonchev–Trinajstić information content (AvgIpc) is 3.11. The number of hydrogen-bond donors (Lipinski definition) is 0. The Morgan fingerprint density at radius 3 is 2.78 bits per heavy atom. The zero-order valence-corrected chi connectivity index (χ0v) is 17.1. The van der Waals surface area contributed by atoms with Crippen molar-refractivity contribution in [1.82, 2.24) is 14.8 Å². The van der Waals surface area contributed by atoms with Crippen LogP contribution in [0.3, 0.4) is 0 Å². The SMILES string of the molecule is CCCCN(Cc1ccc(C)s1)C(=O)[C@@H](c1cccnc1)N1CCOCC1. The third-order valence-corrected chi connectivity index (χ3v) is 5.87. The fourth-order valence-electron chi connectivity index (χ4n) is 3.43. The van der Waals surface area contributed by atoms with E-state index in [2.05, 4.69) is 35.9 Å². The van der Waals surface area contributed by atoms with E-state index >= 15 is 0 Å². The number of aromatic nitrogens is 1. The third-order valence-electron chi connectivity index (χ3n) is 4.88. The van der Waals surface area contributed by atoms with E-state index in [1.54, 1.807) is 17.5 Å². The standard InChI is InChI=1S/C21H29N3O2S/c1-3-4-10-24(16-19-8-7-17(2)27-19)21(25)20(18-6-5-9-22-15-18)23-11-13-26-14-12-23/h5-9,15,20H,3-4,10-14,16H2,1-2H3/t20-/m1/s1. The molecule has 0 unspecified atom stereocenters. The van der Waals surface area contributed by atoms with Crippen LogP contribution < -0.4 is 0 Å². The van der Waals surface area contributed by atoms with Crippen LogP contribution >= 0.6 is 11.3 Å². The maximum absolute atomic E-state index is 13.7. The predicted octanol–water partition coefficient (Wildman–Crippen LogP) is 3.65. The minimum absolute atomic E-state index is 0.171. The molecule has 1 fully saturated rings. The zero-order valence-electron chi connectivity index (χ0n) is 16.3. The van der Waals surface area contributed by atoms with Crippen LogP contribution in [0.15, 0.2) is 36.7 Å². The van der Waals surface area contributed by atoms with E-state index in [1.165, 1.54) is 9.75 Å². The number of amides is 1. The van der Waals surface area contributed by atoms with E-state index in [4.69, 9.17) is 4.74 Å². The van der Waals surface area contributed by atoms with Crippen molar-refractivity contribution in [1.29, 1.82) is 0 Å². The van der Waals surface area contributed by atoms with Crippen molar-refractivity contribution in [2.24, 2.45) is 0 Å². The fraction of sp³-hybridized carbons (Fsp3) is 0.524. The molecule has 6 heteroatoms. The topological polar surface area (TPSA) is 45.7 Å². The molecule has 2 aromatic heterocycles. The highest BCUT2D eigenvalue weighted by molar-refractivity contribution is 7.11. The number of pyridine rings is 1. The Balaban J connectivity index is 1.85. The van der Waals surface area contributed by atoms with Crippen molar-refractivity contribution in [3.05, 3.63) is 52.0 Å². The Bertz CT molecular complexity index is 713. The largest absolute Gasteiger partial charge is 0.379 e. The lowest BCUT2D eigenvalue weighted by molar-refractivity contribution is -0.139. The van der Waals surface area contributed by atoms with Crippen molar-refractivity contribution in [2.45, 2.75) is 39.3 Å². The smallest absolute Gasteiger partial charge is 0.244 e. The zero-order chi connectivity index (χ0) is 19.1. The molecule has 1 atom stereocenters. The Labute approximate surface area is 166 Å². The molecule has 146 valence electrons. The molecular weight excluding hydrogens is 358 g/mol. The van der Waals surface area contributed by atoms with Gasteiger partial charge in [0.05, 0.1) is 19.8 Å². The normalized spacial score (nSPS) is 16.2. The molecule has 5 nitrogen and oxygen atoms in total. The van der Waals surface area contributed by atoms with Crippen LogP contribution in [0, 0.1) is 6.92 Å². The Morgan fingerprint density at radius 1 is 1.33 bits per heavy atom. The summed E-state index contributed by atoms with van der Waals surface area (Å²) in [5.74, 6) is 0.171. The molecule has 0 radical (unpaired) electrons. The third kappa shape index (κ3) is 5.37. The summed E-state index contributed by atoms with van der Waals surface area (Å²) in [5, 5.41) is 0. The lowest BCUT2D eigenvalue weighted by Crippen LogP contribution is -2.47. The van der Waals surface area contributed by atoms with Gasteiger partial charge in [0.1, 0.15) is 6.04 Å². The van der Waals surface area contributed by atoms with Crippen LogP contribution in [0.5, 0.6) is 0 Å². The molecule has 1 amide bonds. The number of morpholine rings is 1. The minimum atomic E-state index is -0.291. The van der Waals surface area contributed by atoms with E-state index in [0.717, 1.165) is 38.0 Å². The summed E-state index contributed by atoms with van der Waals surface area (Å²) in [6.07, 6.45) is 5.67. The van der Waals surface area contributed by atoms with Gasteiger partial charge in [-0.1, -0.05) is 19.4 Å². The summed E-state index contributed by atoms with van der Waals surface area (Å²) in [7, 11) is 0. The first-order valence-corrected chi connectivity index (χ1v) is 10.6. The summed E-state index contributed by atoms with van der Waals surface area (Å²) in [4.78, 5) is 24.7. The molecule has 1 aliphatic heterocycles. The number of ether oxygens (including phenoxy) is 1. The van der Waals surface area contributed by atoms with Crippen LogP contribution in [-0.4, -0.2) is 53.5 Å². The van der Waals surface area contributed by atoms with Crippen molar-refractivity contribution < 1.29 is 9.53 Å². The van der Waals surface area contributed by atoms with Crippen molar-refractivity contribution >= 4 is 17.2 Å². The number of aryl methyl sites for hydroxylation is 1. The van der Waals surface area contributed by atoms with E-state index < -0.39 is 0 Å². The minimum Gasteiger partial charge on any atom is -0.379 e. The molecule has 27 heavy (non-hydrogen) atoms. The maximum Gasteiger partial charge on any atom is 0.244 e. The second-order valence-electron chi connectivity index (χ2n) is 6.96. The Kier molecular flexibility index (Phi) is 7.38. The van der Waals surface area contributed by atoms with E-state index in [9.17, 15) is 4.79 Å². The number of nitrogens with zero attached hydrogens (tertiary/aromatic N) is 3. The summed E-state index contributed by atoms with van der Waals surface area (Å²) in [5.41, 5.74) is 0.966. The molecule has 0 saturated carbocycles. The first-order valence-electron chi connectivity index (χ1n) is 9.75. The van der Waals surface area contributed by atoms with Gasteiger partial charge in [0.25, 0.3) is 0 Å². The number of unbranched alkanes of at least 4 members (excludes halogenated alkanes) is 1. The van der Waals surface area contributed by atoms with Crippen molar-refractivity contribution in [3.63, 3.8) is 0 Å². The molecule has 2 aromatic rings. The van der Waals surface area contributed by atoms with Crippen LogP contribution in [0.1, 0.15) is 41.1 Å². The number of carbonyl (C=O) groups is 1. The summed E-state index contributed by atoms with van der Waals surface area (Å²) < 4.78 is 5.51. The highest BCUT2D eigenvalue weighted by Crippen LogP contribution is 2.26. The Morgan fingerprint density at radius 2 is 2.15 bits per heavy atom.